The van der Waals surface area contributed by atoms with Gasteiger partial charge in [0.05, 0.1) is 11.4 Å². The molecular weight excluding hydrogens is 474 g/mol. The standard InChI is InChI=1S/C25H34ClN3O4S/c1-5-19(3)27-25(31)23(6-2)29(17-16-20-10-8-7-9-11-20)24(30)18-28(4)34(32,33)22-14-12-21(26)13-15-22/h7-15,19,23H,5-6,16-18H2,1-4H3,(H,27,31)/t19-,23+/m1/s1. The molecule has 0 unspecified atom stereocenters. The van der Waals surface area contributed by atoms with E-state index in [2.05, 4.69) is 5.32 Å². The number of sulfonamides is 1. The molecule has 0 fully saturated rings. The van der Waals surface area contributed by atoms with E-state index in [9.17, 15) is 18.0 Å². The van der Waals surface area contributed by atoms with Crippen LogP contribution in [0.3, 0.4) is 0 Å². The second-order valence-corrected chi connectivity index (χ2v) is 10.8. The van der Waals surface area contributed by atoms with E-state index in [0.29, 0.717) is 24.4 Å². The lowest BCUT2D eigenvalue weighted by Gasteiger charge is -2.32. The minimum absolute atomic E-state index is 0.0272. The number of benzene rings is 2. The molecule has 9 heteroatoms. The third-order valence-electron chi connectivity index (χ3n) is 5.75. The number of rotatable bonds is 12. The number of hydrogen-bond acceptors (Lipinski definition) is 4. The highest BCUT2D eigenvalue weighted by atomic mass is 35.5. The van der Waals surface area contributed by atoms with Crippen LogP contribution in [-0.2, 0) is 26.0 Å². The van der Waals surface area contributed by atoms with E-state index in [4.69, 9.17) is 11.6 Å². The predicted molar refractivity (Wildman–Crippen MR) is 135 cm³/mol. The van der Waals surface area contributed by atoms with Crippen LogP contribution in [0.4, 0.5) is 0 Å². The van der Waals surface area contributed by atoms with Crippen LogP contribution in [0.15, 0.2) is 59.5 Å². The molecule has 186 valence electrons. The van der Waals surface area contributed by atoms with Crippen molar-refractivity contribution in [3.05, 3.63) is 65.2 Å². The molecule has 0 aliphatic carbocycles. The summed E-state index contributed by atoms with van der Waals surface area (Å²) in [5, 5.41) is 3.37. The summed E-state index contributed by atoms with van der Waals surface area (Å²) in [6.45, 7) is 5.64. The summed E-state index contributed by atoms with van der Waals surface area (Å²) in [6, 6.07) is 14.7. The van der Waals surface area contributed by atoms with Gasteiger partial charge in [-0.2, -0.15) is 4.31 Å². The molecule has 2 aromatic carbocycles. The molecule has 0 heterocycles. The monoisotopic (exact) mass is 507 g/mol. The Morgan fingerprint density at radius 3 is 2.18 bits per heavy atom. The maximum atomic E-state index is 13.4. The van der Waals surface area contributed by atoms with Gasteiger partial charge in [0.25, 0.3) is 0 Å². The summed E-state index contributed by atoms with van der Waals surface area (Å²) in [4.78, 5) is 27.9. The fourth-order valence-corrected chi connectivity index (χ4v) is 4.74. The Bertz CT molecular complexity index is 1050. The lowest BCUT2D eigenvalue weighted by molar-refractivity contribution is -0.141. The van der Waals surface area contributed by atoms with Crippen LogP contribution in [0.2, 0.25) is 5.02 Å². The average Bonchev–Trinajstić information content (AvgIpc) is 2.82. The van der Waals surface area contributed by atoms with Gasteiger partial charge in [0.1, 0.15) is 6.04 Å². The van der Waals surface area contributed by atoms with Gasteiger partial charge >= 0.3 is 0 Å². The van der Waals surface area contributed by atoms with Crippen molar-refractivity contribution in [2.45, 2.75) is 57.0 Å². The van der Waals surface area contributed by atoms with Gasteiger partial charge < -0.3 is 10.2 Å². The molecule has 0 saturated carbocycles. The number of amides is 2. The first-order chi connectivity index (χ1) is 16.1. The van der Waals surface area contributed by atoms with Crippen LogP contribution in [-0.4, -0.2) is 61.7 Å². The van der Waals surface area contributed by atoms with Crippen LogP contribution in [0.1, 0.15) is 39.2 Å². The summed E-state index contributed by atoms with van der Waals surface area (Å²) in [6.07, 6.45) is 1.73. The molecule has 7 nitrogen and oxygen atoms in total. The van der Waals surface area contributed by atoms with E-state index < -0.39 is 22.0 Å². The number of halogens is 1. The molecule has 2 aromatic rings. The van der Waals surface area contributed by atoms with Gasteiger partial charge in [0.2, 0.25) is 21.8 Å². The van der Waals surface area contributed by atoms with Crippen molar-refractivity contribution < 1.29 is 18.0 Å². The first-order valence-corrected chi connectivity index (χ1v) is 13.3. The van der Waals surface area contributed by atoms with Crippen molar-refractivity contribution in [3.8, 4) is 0 Å². The van der Waals surface area contributed by atoms with Crippen LogP contribution in [0.25, 0.3) is 0 Å². The van der Waals surface area contributed by atoms with E-state index in [1.54, 1.807) is 0 Å². The number of hydrogen-bond donors (Lipinski definition) is 1. The fraction of sp³-hybridized carbons (Fsp3) is 0.440. The molecule has 1 N–H and O–H groups in total. The van der Waals surface area contributed by atoms with Gasteiger partial charge in [-0.25, -0.2) is 8.42 Å². The Labute approximate surface area is 208 Å². The Morgan fingerprint density at radius 2 is 1.62 bits per heavy atom. The molecule has 2 rings (SSSR count). The molecule has 0 aromatic heterocycles. The van der Waals surface area contributed by atoms with Crippen molar-refractivity contribution in [3.63, 3.8) is 0 Å². The van der Waals surface area contributed by atoms with Crippen molar-refractivity contribution in [1.82, 2.24) is 14.5 Å². The van der Waals surface area contributed by atoms with Crippen molar-refractivity contribution in [2.75, 3.05) is 20.1 Å². The topological polar surface area (TPSA) is 86.8 Å². The number of nitrogens with one attached hydrogen (secondary N) is 1. The van der Waals surface area contributed by atoms with Gasteiger partial charge in [-0.15, -0.1) is 0 Å². The molecule has 2 atom stereocenters. The van der Waals surface area contributed by atoms with Gasteiger partial charge in [-0.05, 0) is 56.0 Å². The number of nitrogens with zero attached hydrogens (tertiary/aromatic N) is 2. The molecule has 0 saturated heterocycles. The number of carbonyl (C=O) groups is 2. The van der Waals surface area contributed by atoms with Crippen molar-refractivity contribution in [1.29, 1.82) is 0 Å². The van der Waals surface area contributed by atoms with E-state index >= 15 is 0 Å². The van der Waals surface area contributed by atoms with Gasteiger partial charge in [0.15, 0.2) is 0 Å². The molecule has 2 amide bonds. The zero-order valence-corrected chi connectivity index (χ0v) is 21.8. The molecule has 34 heavy (non-hydrogen) atoms. The summed E-state index contributed by atoms with van der Waals surface area (Å²) in [7, 11) is -2.54. The maximum absolute atomic E-state index is 13.4. The SMILES string of the molecule is CC[C@@H](C)NC(=O)[C@H](CC)N(CCc1ccccc1)C(=O)CN(C)S(=O)(=O)c1ccc(Cl)cc1. The first-order valence-electron chi connectivity index (χ1n) is 11.5. The van der Waals surface area contributed by atoms with Crippen molar-refractivity contribution in [2.24, 2.45) is 0 Å². The Balaban J connectivity index is 2.25. The van der Waals surface area contributed by atoms with Gasteiger partial charge in [-0.1, -0.05) is 55.8 Å². The van der Waals surface area contributed by atoms with Crippen LogP contribution >= 0.6 is 11.6 Å². The van der Waals surface area contributed by atoms with Crippen LogP contribution in [0, 0.1) is 0 Å². The maximum Gasteiger partial charge on any atom is 0.243 e. The Hall–Kier alpha value is -2.42. The molecule has 0 bridgehead atoms. The Kier molecular flexibility index (Phi) is 10.5. The van der Waals surface area contributed by atoms with E-state index in [1.165, 1.54) is 36.2 Å². The first kappa shape index (κ1) is 27.8. The molecule has 0 spiro atoms. The smallest absolute Gasteiger partial charge is 0.243 e. The van der Waals surface area contributed by atoms with Gasteiger partial charge in [-0.3, -0.25) is 9.59 Å². The second kappa shape index (κ2) is 12.9. The Morgan fingerprint density at radius 1 is 1.00 bits per heavy atom. The van der Waals surface area contributed by atoms with E-state index in [0.717, 1.165) is 16.3 Å². The molecular formula is C25H34ClN3O4S. The second-order valence-electron chi connectivity index (χ2n) is 8.28. The third kappa shape index (κ3) is 7.55. The van der Waals surface area contributed by atoms with E-state index in [-0.39, 0.29) is 23.4 Å². The van der Waals surface area contributed by atoms with E-state index in [1.807, 2.05) is 51.1 Å². The van der Waals surface area contributed by atoms with Crippen LogP contribution in [0.5, 0.6) is 0 Å². The number of carbonyl (C=O) groups excluding carboxylic acids is 2. The predicted octanol–water partition coefficient (Wildman–Crippen LogP) is 3.73. The van der Waals surface area contributed by atoms with Gasteiger partial charge in [0, 0.05) is 24.7 Å². The highest BCUT2D eigenvalue weighted by molar-refractivity contribution is 7.89. The summed E-state index contributed by atoms with van der Waals surface area (Å²) < 4.78 is 26.9. The van der Waals surface area contributed by atoms with Crippen LogP contribution < -0.4 is 5.32 Å². The normalized spacial score (nSPS) is 13.4. The summed E-state index contributed by atoms with van der Waals surface area (Å²) in [5.74, 6) is -0.663. The molecule has 0 aliphatic rings. The average molecular weight is 508 g/mol. The quantitative estimate of drug-likeness (QED) is 0.474. The highest BCUT2D eigenvalue weighted by Gasteiger charge is 2.31. The third-order valence-corrected chi connectivity index (χ3v) is 7.82. The lowest BCUT2D eigenvalue weighted by Crippen LogP contribution is -2.53. The molecule has 0 aliphatic heterocycles. The number of likely N-dealkylation sites (N-methyl/N-ethyl adjacent to an activating group) is 1. The fourth-order valence-electron chi connectivity index (χ4n) is 3.49. The van der Waals surface area contributed by atoms with Crippen molar-refractivity contribution >= 4 is 33.4 Å². The molecule has 0 radical (unpaired) electrons. The summed E-state index contributed by atoms with van der Waals surface area (Å²) in [5.41, 5.74) is 1.03. The largest absolute Gasteiger partial charge is 0.352 e. The zero-order valence-electron chi connectivity index (χ0n) is 20.2. The lowest BCUT2D eigenvalue weighted by atomic mass is 10.1. The minimum Gasteiger partial charge on any atom is -0.352 e. The highest BCUT2D eigenvalue weighted by Crippen LogP contribution is 2.18. The summed E-state index contributed by atoms with van der Waals surface area (Å²) >= 11 is 5.87. The minimum atomic E-state index is -3.90. The zero-order chi connectivity index (χ0) is 25.3.